The van der Waals surface area contributed by atoms with Gasteiger partial charge in [-0.1, -0.05) is 0 Å². The Morgan fingerprint density at radius 2 is 2.11 bits per heavy atom. The molecule has 0 radical (unpaired) electrons. The highest BCUT2D eigenvalue weighted by Crippen LogP contribution is 2.13. The summed E-state index contributed by atoms with van der Waals surface area (Å²) in [5.41, 5.74) is 0.327. The number of hydrogen-bond acceptors (Lipinski definition) is 4. The predicted octanol–water partition coefficient (Wildman–Crippen LogP) is 2.19. The molecule has 0 aliphatic heterocycles. The lowest BCUT2D eigenvalue weighted by Crippen LogP contribution is -2.02. The molecule has 1 rings (SSSR count). The molecule has 1 aromatic carbocycles. The standard InChI is InChI=1S/C13H13FO4/c1-3-18-12(15)7-5-9-8-10(13(16)17-2)4-6-11(9)14/h4-8H,3H2,1-2H3. The Labute approximate surface area is 104 Å². The normalized spacial score (nSPS) is 10.4. The first kappa shape index (κ1) is 13.9. The third kappa shape index (κ3) is 3.69. The number of carbonyl (C=O) groups excluding carboxylic acids is 2. The van der Waals surface area contributed by atoms with E-state index in [0.717, 1.165) is 12.1 Å². The number of methoxy groups -OCH3 is 1. The van der Waals surface area contributed by atoms with Gasteiger partial charge in [-0.25, -0.2) is 14.0 Å². The molecule has 96 valence electrons. The second-order valence-electron chi connectivity index (χ2n) is 3.31. The molecule has 0 aliphatic rings. The highest BCUT2D eigenvalue weighted by molar-refractivity contribution is 5.91. The van der Waals surface area contributed by atoms with Crippen molar-refractivity contribution in [1.82, 2.24) is 0 Å². The zero-order valence-corrected chi connectivity index (χ0v) is 10.1. The minimum atomic E-state index is -0.569. The fourth-order valence-corrected chi connectivity index (χ4v) is 1.26. The van der Waals surface area contributed by atoms with Crippen LogP contribution in [0.15, 0.2) is 24.3 Å². The zero-order valence-electron chi connectivity index (χ0n) is 10.1. The first-order valence-electron chi connectivity index (χ1n) is 5.31. The Morgan fingerprint density at radius 3 is 2.72 bits per heavy atom. The summed E-state index contributed by atoms with van der Waals surface area (Å²) in [6.45, 7) is 1.91. The number of hydrogen-bond donors (Lipinski definition) is 0. The average molecular weight is 252 g/mol. The fourth-order valence-electron chi connectivity index (χ4n) is 1.26. The van der Waals surface area contributed by atoms with Crippen molar-refractivity contribution in [2.24, 2.45) is 0 Å². The van der Waals surface area contributed by atoms with Crippen LogP contribution in [0, 0.1) is 5.82 Å². The van der Waals surface area contributed by atoms with Crippen molar-refractivity contribution < 1.29 is 23.5 Å². The first-order chi connectivity index (χ1) is 8.58. The van der Waals surface area contributed by atoms with Crippen LogP contribution in [0.5, 0.6) is 0 Å². The summed E-state index contributed by atoms with van der Waals surface area (Å²) in [5, 5.41) is 0. The molecule has 0 atom stereocenters. The summed E-state index contributed by atoms with van der Waals surface area (Å²) in [6, 6.07) is 3.75. The summed E-state index contributed by atoms with van der Waals surface area (Å²) in [6.07, 6.45) is 2.35. The van der Waals surface area contributed by atoms with Gasteiger partial charge in [0.25, 0.3) is 0 Å². The highest BCUT2D eigenvalue weighted by Gasteiger charge is 2.08. The molecule has 5 heteroatoms. The van der Waals surface area contributed by atoms with Gasteiger partial charge in [0.2, 0.25) is 0 Å². The predicted molar refractivity (Wildman–Crippen MR) is 63.4 cm³/mol. The monoisotopic (exact) mass is 252 g/mol. The van der Waals surface area contributed by atoms with Gasteiger partial charge in [-0.3, -0.25) is 0 Å². The number of carbonyl (C=O) groups is 2. The summed E-state index contributed by atoms with van der Waals surface area (Å²) in [4.78, 5) is 22.3. The van der Waals surface area contributed by atoms with Crippen LogP contribution in [-0.4, -0.2) is 25.7 Å². The van der Waals surface area contributed by atoms with Gasteiger partial charge < -0.3 is 9.47 Å². The molecular formula is C13H13FO4. The SMILES string of the molecule is CCOC(=O)C=Cc1cc(C(=O)OC)ccc1F. The number of ether oxygens (including phenoxy) is 2. The molecule has 0 unspecified atom stereocenters. The molecule has 0 fully saturated rings. The molecular weight excluding hydrogens is 239 g/mol. The maximum atomic E-state index is 13.4. The maximum Gasteiger partial charge on any atom is 0.337 e. The molecule has 0 aromatic heterocycles. The van der Waals surface area contributed by atoms with Gasteiger partial charge in [-0.2, -0.15) is 0 Å². The van der Waals surface area contributed by atoms with E-state index in [1.807, 2.05) is 0 Å². The van der Waals surface area contributed by atoms with Gasteiger partial charge in [0, 0.05) is 11.6 Å². The number of benzene rings is 1. The Hall–Kier alpha value is -2.17. The largest absolute Gasteiger partial charge is 0.465 e. The fraction of sp³-hybridized carbons (Fsp3) is 0.231. The lowest BCUT2D eigenvalue weighted by molar-refractivity contribution is -0.137. The maximum absolute atomic E-state index is 13.4. The molecule has 0 saturated heterocycles. The Morgan fingerprint density at radius 1 is 1.39 bits per heavy atom. The lowest BCUT2D eigenvalue weighted by Gasteiger charge is -2.02. The summed E-state index contributed by atoms with van der Waals surface area (Å²) in [7, 11) is 1.24. The summed E-state index contributed by atoms with van der Waals surface area (Å²) in [5.74, 6) is -1.68. The van der Waals surface area contributed by atoms with Gasteiger partial charge >= 0.3 is 11.9 Å². The smallest absolute Gasteiger partial charge is 0.337 e. The molecule has 1 aromatic rings. The van der Waals surface area contributed by atoms with Crippen molar-refractivity contribution in [3.63, 3.8) is 0 Å². The molecule has 0 heterocycles. The van der Waals surface area contributed by atoms with Gasteiger partial charge in [-0.15, -0.1) is 0 Å². The molecule has 0 spiro atoms. The summed E-state index contributed by atoms with van der Waals surface area (Å²) < 4.78 is 22.6. The van der Waals surface area contributed by atoms with E-state index in [2.05, 4.69) is 9.47 Å². The van der Waals surface area contributed by atoms with Crippen molar-refractivity contribution in [2.45, 2.75) is 6.92 Å². The number of halogens is 1. The lowest BCUT2D eigenvalue weighted by atomic mass is 10.1. The van der Waals surface area contributed by atoms with Gasteiger partial charge in [-0.05, 0) is 31.2 Å². The van der Waals surface area contributed by atoms with E-state index < -0.39 is 17.8 Å². The molecule has 4 nitrogen and oxygen atoms in total. The van der Waals surface area contributed by atoms with Crippen molar-refractivity contribution in [3.05, 3.63) is 41.2 Å². The van der Waals surface area contributed by atoms with E-state index in [4.69, 9.17) is 0 Å². The van der Waals surface area contributed by atoms with E-state index in [1.165, 1.54) is 25.3 Å². The molecule has 0 aliphatic carbocycles. The third-order valence-corrected chi connectivity index (χ3v) is 2.10. The number of rotatable bonds is 4. The van der Waals surface area contributed by atoms with Crippen LogP contribution in [0.2, 0.25) is 0 Å². The van der Waals surface area contributed by atoms with Crippen LogP contribution in [0.1, 0.15) is 22.8 Å². The molecule has 0 bridgehead atoms. The van der Waals surface area contributed by atoms with Crippen LogP contribution < -0.4 is 0 Å². The Balaban J connectivity index is 2.94. The quantitative estimate of drug-likeness (QED) is 0.609. The van der Waals surface area contributed by atoms with Gasteiger partial charge in [0.1, 0.15) is 5.82 Å². The molecule has 0 N–H and O–H groups in total. The van der Waals surface area contributed by atoms with Gasteiger partial charge in [0.15, 0.2) is 0 Å². The topological polar surface area (TPSA) is 52.6 Å². The van der Waals surface area contributed by atoms with E-state index in [1.54, 1.807) is 6.92 Å². The molecule has 18 heavy (non-hydrogen) atoms. The van der Waals surface area contributed by atoms with Crippen LogP contribution in [-0.2, 0) is 14.3 Å². The van der Waals surface area contributed by atoms with Crippen LogP contribution in [0.25, 0.3) is 6.08 Å². The number of esters is 2. The van der Waals surface area contributed by atoms with E-state index in [0.29, 0.717) is 0 Å². The second-order valence-corrected chi connectivity index (χ2v) is 3.31. The minimum Gasteiger partial charge on any atom is -0.465 e. The van der Waals surface area contributed by atoms with Crippen molar-refractivity contribution in [2.75, 3.05) is 13.7 Å². The minimum absolute atomic E-state index is 0.117. The van der Waals surface area contributed by atoms with Crippen molar-refractivity contribution in [1.29, 1.82) is 0 Å². The van der Waals surface area contributed by atoms with Crippen LogP contribution >= 0.6 is 0 Å². The van der Waals surface area contributed by atoms with Crippen LogP contribution in [0.3, 0.4) is 0 Å². The average Bonchev–Trinajstić information content (AvgIpc) is 2.37. The third-order valence-electron chi connectivity index (χ3n) is 2.10. The first-order valence-corrected chi connectivity index (χ1v) is 5.31. The highest BCUT2D eigenvalue weighted by atomic mass is 19.1. The van der Waals surface area contributed by atoms with E-state index in [-0.39, 0.29) is 17.7 Å². The molecule has 0 saturated carbocycles. The van der Waals surface area contributed by atoms with Crippen molar-refractivity contribution in [3.8, 4) is 0 Å². The Kier molecular flexibility index (Phi) is 5.05. The van der Waals surface area contributed by atoms with Crippen molar-refractivity contribution >= 4 is 18.0 Å². The Bertz CT molecular complexity index is 480. The van der Waals surface area contributed by atoms with Crippen LogP contribution in [0.4, 0.5) is 4.39 Å². The van der Waals surface area contributed by atoms with E-state index in [9.17, 15) is 14.0 Å². The molecule has 0 amide bonds. The second kappa shape index (κ2) is 6.54. The zero-order chi connectivity index (χ0) is 13.5. The van der Waals surface area contributed by atoms with E-state index >= 15 is 0 Å². The summed E-state index contributed by atoms with van der Waals surface area (Å²) >= 11 is 0. The van der Waals surface area contributed by atoms with Gasteiger partial charge in [0.05, 0.1) is 19.3 Å².